The first-order chi connectivity index (χ1) is 12.5. The zero-order valence-corrected chi connectivity index (χ0v) is 18.9. The molecule has 1 heterocycles. The summed E-state index contributed by atoms with van der Waals surface area (Å²) in [5.74, 6) is 1.55. The van der Waals surface area contributed by atoms with Crippen LogP contribution in [-0.4, -0.2) is 48.3 Å². The van der Waals surface area contributed by atoms with E-state index in [-0.39, 0.29) is 29.7 Å². The molecule has 1 aromatic carbocycles. The van der Waals surface area contributed by atoms with Gasteiger partial charge in [-0.05, 0) is 36.8 Å². The quantitative estimate of drug-likeness (QED) is 0.357. The molecule has 0 unspecified atom stereocenters. The van der Waals surface area contributed by atoms with Gasteiger partial charge in [0.05, 0.1) is 27.3 Å². The van der Waals surface area contributed by atoms with Crippen LogP contribution in [0.5, 0.6) is 17.2 Å². The van der Waals surface area contributed by atoms with Crippen LogP contribution in [0.15, 0.2) is 35.5 Å². The topological polar surface area (TPSA) is 71.2 Å². The molecule has 0 aliphatic rings. The van der Waals surface area contributed by atoms with Gasteiger partial charge in [0.25, 0.3) is 0 Å². The van der Waals surface area contributed by atoms with Crippen LogP contribution in [0.2, 0.25) is 0 Å². The highest BCUT2D eigenvalue weighted by Crippen LogP contribution is 2.37. The number of halogens is 1. The van der Waals surface area contributed by atoms with Gasteiger partial charge in [0.1, 0.15) is 0 Å². The number of phenolic OH excluding ortho intramolecular Hbond substituents is 1. The van der Waals surface area contributed by atoms with Crippen LogP contribution in [0, 0.1) is 0 Å². The van der Waals surface area contributed by atoms with Crippen molar-refractivity contribution in [2.24, 2.45) is 12.0 Å². The second kappa shape index (κ2) is 10.9. The molecule has 2 N–H and O–H groups in total. The number of nitrogens with one attached hydrogen (secondary N) is 1. The number of ether oxygens (including phenoxy) is 2. The summed E-state index contributed by atoms with van der Waals surface area (Å²) in [6.45, 7) is 4.00. The maximum absolute atomic E-state index is 10.0. The highest BCUT2D eigenvalue weighted by Gasteiger charge is 2.12. The first-order valence-corrected chi connectivity index (χ1v) is 8.53. The van der Waals surface area contributed by atoms with E-state index in [1.165, 1.54) is 19.9 Å². The predicted molar refractivity (Wildman–Crippen MR) is 118 cm³/mol. The third-order valence-electron chi connectivity index (χ3n) is 4.10. The minimum Gasteiger partial charge on any atom is -0.502 e. The summed E-state index contributed by atoms with van der Waals surface area (Å²) < 4.78 is 12.5. The Morgan fingerprint density at radius 3 is 2.37 bits per heavy atom. The molecule has 2 aromatic rings. The Hall–Kier alpha value is -2.10. The Morgan fingerprint density at radius 2 is 1.89 bits per heavy atom. The molecule has 0 fully saturated rings. The third kappa shape index (κ3) is 5.95. The van der Waals surface area contributed by atoms with Gasteiger partial charge in [0, 0.05) is 32.5 Å². The van der Waals surface area contributed by atoms with E-state index in [1.807, 2.05) is 33.3 Å². The van der Waals surface area contributed by atoms with Crippen LogP contribution in [-0.2, 0) is 20.1 Å². The number of nitrogens with zero attached hydrogens (tertiary/aromatic N) is 3. The van der Waals surface area contributed by atoms with Crippen molar-refractivity contribution in [3.05, 3.63) is 41.7 Å². The number of aromatic nitrogens is 1. The van der Waals surface area contributed by atoms with E-state index in [0.717, 1.165) is 24.6 Å². The lowest BCUT2D eigenvalue weighted by Gasteiger charge is -2.22. The Kier molecular flexibility index (Phi) is 9.27. The monoisotopic (exact) mass is 488 g/mol. The minimum atomic E-state index is -0.00420. The standard InChI is InChI=1S/C19H28N4O3.HI/c1-6-20-19(23(3)13-15-8-7-9-22(15)2)21-12-14-10-16(25-4)18(24)17(11-14)26-5;/h7-11,24H,6,12-13H2,1-5H3,(H,20,21);1H. The van der Waals surface area contributed by atoms with E-state index in [4.69, 9.17) is 14.5 Å². The number of benzene rings is 1. The van der Waals surface area contributed by atoms with Gasteiger partial charge in [-0.15, -0.1) is 24.0 Å². The van der Waals surface area contributed by atoms with Gasteiger partial charge < -0.3 is 29.4 Å². The second-order valence-electron chi connectivity index (χ2n) is 5.99. The molecule has 0 saturated heterocycles. The first-order valence-electron chi connectivity index (χ1n) is 8.53. The number of guanidine groups is 1. The zero-order chi connectivity index (χ0) is 19.1. The van der Waals surface area contributed by atoms with Gasteiger partial charge in [-0.25, -0.2) is 4.99 Å². The van der Waals surface area contributed by atoms with Crippen molar-refractivity contribution < 1.29 is 14.6 Å². The van der Waals surface area contributed by atoms with E-state index in [0.29, 0.717) is 18.0 Å². The number of aliphatic imine (C=N–C) groups is 1. The molecule has 8 heteroatoms. The Bertz CT molecular complexity index is 736. The van der Waals surface area contributed by atoms with Crippen LogP contribution in [0.1, 0.15) is 18.2 Å². The van der Waals surface area contributed by atoms with Gasteiger partial charge in [-0.1, -0.05) is 0 Å². The normalized spacial score (nSPS) is 10.9. The van der Waals surface area contributed by atoms with Gasteiger partial charge in [0.2, 0.25) is 5.75 Å². The Balaban J connectivity index is 0.00000364. The number of aromatic hydroxyl groups is 1. The van der Waals surface area contributed by atoms with E-state index >= 15 is 0 Å². The molecule has 0 bridgehead atoms. The third-order valence-corrected chi connectivity index (χ3v) is 4.10. The molecule has 2 rings (SSSR count). The minimum absolute atomic E-state index is 0. The van der Waals surface area contributed by atoms with Gasteiger partial charge in [-0.2, -0.15) is 0 Å². The number of hydrogen-bond donors (Lipinski definition) is 2. The van der Waals surface area contributed by atoms with Crippen molar-refractivity contribution >= 4 is 29.9 Å². The summed E-state index contributed by atoms with van der Waals surface area (Å²) >= 11 is 0. The first kappa shape index (κ1) is 22.9. The van der Waals surface area contributed by atoms with Crippen LogP contribution in [0.4, 0.5) is 0 Å². The lowest BCUT2D eigenvalue weighted by Crippen LogP contribution is -2.38. The van der Waals surface area contributed by atoms with E-state index in [9.17, 15) is 5.11 Å². The van der Waals surface area contributed by atoms with Crippen molar-refractivity contribution in [2.75, 3.05) is 27.8 Å². The number of rotatable bonds is 7. The maximum atomic E-state index is 10.0. The van der Waals surface area contributed by atoms with E-state index in [2.05, 4.69) is 20.9 Å². The molecule has 150 valence electrons. The molecular weight excluding hydrogens is 459 g/mol. The number of hydrogen-bond acceptors (Lipinski definition) is 4. The lowest BCUT2D eigenvalue weighted by molar-refractivity contribution is 0.339. The SMILES string of the molecule is CCNC(=NCc1cc(OC)c(O)c(OC)c1)N(C)Cc1cccn1C.I. The Morgan fingerprint density at radius 1 is 1.26 bits per heavy atom. The van der Waals surface area contributed by atoms with E-state index in [1.54, 1.807) is 12.1 Å². The highest BCUT2D eigenvalue weighted by atomic mass is 127. The van der Waals surface area contributed by atoms with Crippen LogP contribution < -0.4 is 14.8 Å². The largest absolute Gasteiger partial charge is 0.502 e. The fourth-order valence-electron chi connectivity index (χ4n) is 2.65. The number of phenols is 1. The molecule has 0 amide bonds. The molecule has 0 aliphatic carbocycles. The number of methoxy groups -OCH3 is 2. The fraction of sp³-hybridized carbons (Fsp3) is 0.421. The van der Waals surface area contributed by atoms with Gasteiger partial charge >= 0.3 is 0 Å². The van der Waals surface area contributed by atoms with Crippen molar-refractivity contribution in [2.45, 2.75) is 20.0 Å². The summed E-state index contributed by atoms with van der Waals surface area (Å²) in [4.78, 5) is 6.78. The summed E-state index contributed by atoms with van der Waals surface area (Å²) in [6, 6.07) is 7.65. The number of aryl methyl sites for hydroxylation is 1. The molecule has 0 atom stereocenters. The van der Waals surface area contributed by atoms with Crippen molar-refractivity contribution in [1.82, 2.24) is 14.8 Å². The zero-order valence-electron chi connectivity index (χ0n) is 16.5. The van der Waals surface area contributed by atoms with Crippen LogP contribution in [0.3, 0.4) is 0 Å². The predicted octanol–water partition coefficient (Wildman–Crippen LogP) is 2.96. The molecule has 0 saturated carbocycles. The molecule has 0 radical (unpaired) electrons. The lowest BCUT2D eigenvalue weighted by atomic mass is 10.2. The van der Waals surface area contributed by atoms with E-state index < -0.39 is 0 Å². The van der Waals surface area contributed by atoms with Gasteiger partial charge in [-0.3, -0.25) is 0 Å². The van der Waals surface area contributed by atoms with Crippen molar-refractivity contribution in [3.63, 3.8) is 0 Å². The fourth-order valence-corrected chi connectivity index (χ4v) is 2.65. The molecule has 27 heavy (non-hydrogen) atoms. The average molecular weight is 488 g/mol. The molecular formula is C19H29IN4O3. The smallest absolute Gasteiger partial charge is 0.200 e. The highest BCUT2D eigenvalue weighted by molar-refractivity contribution is 14.0. The Labute approximate surface area is 178 Å². The van der Waals surface area contributed by atoms with Crippen molar-refractivity contribution in [1.29, 1.82) is 0 Å². The molecule has 0 spiro atoms. The van der Waals surface area contributed by atoms with Crippen LogP contribution in [0.25, 0.3) is 0 Å². The summed E-state index contributed by atoms with van der Waals surface area (Å²) in [7, 11) is 7.06. The van der Waals surface area contributed by atoms with Crippen LogP contribution >= 0.6 is 24.0 Å². The summed E-state index contributed by atoms with van der Waals surface area (Å²) in [6.07, 6.45) is 2.03. The molecule has 7 nitrogen and oxygen atoms in total. The van der Waals surface area contributed by atoms with Gasteiger partial charge in [0.15, 0.2) is 17.5 Å². The van der Waals surface area contributed by atoms with Crippen molar-refractivity contribution in [3.8, 4) is 17.2 Å². The maximum Gasteiger partial charge on any atom is 0.200 e. The summed E-state index contributed by atoms with van der Waals surface area (Å²) in [5, 5.41) is 13.3. The molecule has 1 aromatic heterocycles. The second-order valence-corrected chi connectivity index (χ2v) is 5.99. The summed E-state index contributed by atoms with van der Waals surface area (Å²) in [5.41, 5.74) is 2.09. The molecule has 0 aliphatic heterocycles. The average Bonchev–Trinajstić information content (AvgIpc) is 3.04.